The number of benzene rings is 1. The molecule has 0 unspecified atom stereocenters. The number of nitrogens with one attached hydrogen (secondary N) is 2. The first kappa shape index (κ1) is 19.1. The van der Waals surface area contributed by atoms with Crippen molar-refractivity contribution in [1.29, 1.82) is 0 Å². The van der Waals surface area contributed by atoms with Crippen LogP contribution < -0.4 is 10.6 Å². The van der Waals surface area contributed by atoms with E-state index in [-0.39, 0.29) is 18.0 Å². The number of aryl methyl sites for hydroxylation is 1. The highest BCUT2D eigenvalue weighted by Crippen LogP contribution is 2.38. The van der Waals surface area contributed by atoms with Crippen molar-refractivity contribution in [1.82, 2.24) is 15.2 Å². The second-order valence-electron chi connectivity index (χ2n) is 6.95. The summed E-state index contributed by atoms with van der Waals surface area (Å²) < 4.78 is 5.70. The molecule has 148 valence electrons. The monoisotopic (exact) mass is 406 g/mol. The molecule has 1 amide bonds. The molecule has 1 aliphatic heterocycles. The highest BCUT2D eigenvalue weighted by molar-refractivity contribution is 7.80. The van der Waals surface area contributed by atoms with Crippen molar-refractivity contribution in [3.8, 4) is 0 Å². The van der Waals surface area contributed by atoms with Crippen molar-refractivity contribution in [2.75, 3.05) is 11.9 Å². The second-order valence-corrected chi connectivity index (χ2v) is 7.34. The van der Waals surface area contributed by atoms with Gasteiger partial charge in [-0.05, 0) is 55.0 Å². The summed E-state index contributed by atoms with van der Waals surface area (Å²) in [5, 5.41) is 6.91. The van der Waals surface area contributed by atoms with Gasteiger partial charge in [-0.3, -0.25) is 9.78 Å². The van der Waals surface area contributed by atoms with Crippen LogP contribution in [0.4, 0.5) is 5.69 Å². The van der Waals surface area contributed by atoms with Gasteiger partial charge < -0.3 is 20.0 Å². The summed E-state index contributed by atoms with van der Waals surface area (Å²) in [4.78, 5) is 19.0. The highest BCUT2D eigenvalue weighted by atomic mass is 32.1. The van der Waals surface area contributed by atoms with Crippen LogP contribution in [0.25, 0.3) is 0 Å². The fourth-order valence-corrected chi connectivity index (χ4v) is 3.89. The molecule has 4 rings (SSSR count). The van der Waals surface area contributed by atoms with Crippen LogP contribution in [-0.2, 0) is 4.79 Å². The molecule has 29 heavy (non-hydrogen) atoms. The predicted octanol–water partition coefficient (Wildman–Crippen LogP) is 3.98. The molecule has 0 bridgehead atoms. The van der Waals surface area contributed by atoms with Crippen LogP contribution in [0.5, 0.6) is 0 Å². The van der Waals surface area contributed by atoms with Gasteiger partial charge in [0.05, 0.1) is 18.0 Å². The van der Waals surface area contributed by atoms with Gasteiger partial charge in [-0.25, -0.2) is 0 Å². The first-order chi connectivity index (χ1) is 14.1. The Hall–Kier alpha value is -3.19. The van der Waals surface area contributed by atoms with Crippen molar-refractivity contribution in [2.45, 2.75) is 25.4 Å². The molecule has 2 atom stereocenters. The van der Waals surface area contributed by atoms with Crippen molar-refractivity contribution >= 4 is 28.9 Å². The zero-order valence-electron chi connectivity index (χ0n) is 16.0. The maximum atomic E-state index is 12.5. The van der Waals surface area contributed by atoms with E-state index >= 15 is 0 Å². The molecule has 0 spiro atoms. The molecule has 6 nitrogen and oxygen atoms in total. The summed E-state index contributed by atoms with van der Waals surface area (Å²) >= 11 is 5.58. The highest BCUT2D eigenvalue weighted by Gasteiger charge is 2.41. The fourth-order valence-electron chi connectivity index (χ4n) is 3.56. The molecule has 1 aromatic carbocycles. The Balaban J connectivity index is 1.50. The number of carbonyl (C=O) groups is 1. The number of furan rings is 1. The fraction of sp³-hybridized carbons (Fsp3) is 0.227. The Morgan fingerprint density at radius 3 is 2.76 bits per heavy atom. The number of hydrogen-bond donors (Lipinski definition) is 2. The number of pyridine rings is 1. The third-order valence-electron chi connectivity index (χ3n) is 5.03. The zero-order chi connectivity index (χ0) is 20.2. The average Bonchev–Trinajstić information content (AvgIpc) is 3.36. The van der Waals surface area contributed by atoms with Gasteiger partial charge >= 0.3 is 0 Å². The molecule has 1 fully saturated rings. The molecule has 3 aromatic rings. The molecule has 1 aliphatic rings. The van der Waals surface area contributed by atoms with Gasteiger partial charge in [-0.15, -0.1) is 0 Å². The van der Waals surface area contributed by atoms with Gasteiger partial charge in [0, 0.05) is 24.8 Å². The lowest BCUT2D eigenvalue weighted by Gasteiger charge is -2.25. The standard InChI is InChI=1S/C22H22N4O2S/c1-15-7-2-3-8-16(15)24-19(27)11-13-26-21(18-10-6-14-28-18)20(25-22(26)29)17-9-4-5-12-23-17/h2-10,12,14,20-21H,11,13H2,1H3,(H,24,27)(H,25,29)/t20-,21+/m0/s1. The predicted molar refractivity (Wildman–Crippen MR) is 115 cm³/mol. The third-order valence-corrected chi connectivity index (χ3v) is 5.38. The maximum absolute atomic E-state index is 12.5. The molecule has 2 aromatic heterocycles. The number of thiocarbonyl (C=S) groups is 1. The first-order valence-electron chi connectivity index (χ1n) is 9.50. The van der Waals surface area contributed by atoms with E-state index in [0.29, 0.717) is 18.1 Å². The van der Waals surface area contributed by atoms with Crippen LogP contribution in [0.15, 0.2) is 71.5 Å². The van der Waals surface area contributed by atoms with Crippen LogP contribution in [0, 0.1) is 6.92 Å². The summed E-state index contributed by atoms with van der Waals surface area (Å²) in [6, 6.07) is 17.0. The van der Waals surface area contributed by atoms with E-state index < -0.39 is 0 Å². The number of nitrogens with zero attached hydrogens (tertiary/aromatic N) is 2. The lowest BCUT2D eigenvalue weighted by atomic mass is 10.0. The quantitative estimate of drug-likeness (QED) is 0.604. The van der Waals surface area contributed by atoms with Crippen molar-refractivity contribution < 1.29 is 9.21 Å². The topological polar surface area (TPSA) is 70.4 Å². The Morgan fingerprint density at radius 2 is 2.03 bits per heavy atom. The van der Waals surface area contributed by atoms with Gasteiger partial charge in [-0.1, -0.05) is 24.3 Å². The third kappa shape index (κ3) is 4.14. The van der Waals surface area contributed by atoms with Crippen LogP contribution in [-0.4, -0.2) is 27.4 Å². The van der Waals surface area contributed by atoms with E-state index in [0.717, 1.165) is 22.7 Å². The van der Waals surface area contributed by atoms with E-state index in [2.05, 4.69) is 15.6 Å². The number of aromatic nitrogens is 1. The van der Waals surface area contributed by atoms with E-state index in [1.807, 2.05) is 66.4 Å². The number of anilines is 1. The van der Waals surface area contributed by atoms with Crippen molar-refractivity contribution in [2.24, 2.45) is 0 Å². The minimum atomic E-state index is -0.168. The van der Waals surface area contributed by atoms with Gasteiger partial charge in [0.1, 0.15) is 11.8 Å². The van der Waals surface area contributed by atoms with Crippen LogP contribution in [0.3, 0.4) is 0 Å². The molecular formula is C22H22N4O2S. The van der Waals surface area contributed by atoms with E-state index in [9.17, 15) is 4.79 Å². The van der Waals surface area contributed by atoms with Crippen LogP contribution >= 0.6 is 12.2 Å². The van der Waals surface area contributed by atoms with Gasteiger partial charge in [0.25, 0.3) is 0 Å². The Labute approximate surface area is 174 Å². The van der Waals surface area contributed by atoms with E-state index in [1.165, 1.54) is 0 Å². The number of para-hydroxylation sites is 1. The average molecular weight is 407 g/mol. The molecule has 7 heteroatoms. The smallest absolute Gasteiger partial charge is 0.226 e. The molecule has 0 aliphatic carbocycles. The maximum Gasteiger partial charge on any atom is 0.226 e. The van der Waals surface area contributed by atoms with Gasteiger partial charge in [0.2, 0.25) is 5.91 Å². The summed E-state index contributed by atoms with van der Waals surface area (Å²) in [5.74, 6) is 0.730. The largest absolute Gasteiger partial charge is 0.467 e. The Bertz CT molecular complexity index is 991. The lowest BCUT2D eigenvalue weighted by molar-refractivity contribution is -0.116. The van der Waals surface area contributed by atoms with Gasteiger partial charge in [0.15, 0.2) is 5.11 Å². The van der Waals surface area contributed by atoms with Crippen molar-refractivity contribution in [3.63, 3.8) is 0 Å². The molecule has 3 heterocycles. The summed E-state index contributed by atoms with van der Waals surface area (Å²) in [7, 11) is 0. The molecule has 0 saturated carbocycles. The Morgan fingerprint density at radius 1 is 1.21 bits per heavy atom. The number of rotatable bonds is 6. The molecule has 2 N–H and O–H groups in total. The first-order valence-corrected chi connectivity index (χ1v) is 9.91. The van der Waals surface area contributed by atoms with E-state index in [1.54, 1.807) is 12.5 Å². The summed E-state index contributed by atoms with van der Waals surface area (Å²) in [6.07, 6.45) is 3.72. The number of amides is 1. The minimum Gasteiger partial charge on any atom is -0.467 e. The minimum absolute atomic E-state index is 0.0541. The Kier molecular flexibility index (Phi) is 5.57. The number of hydrogen-bond acceptors (Lipinski definition) is 4. The second kappa shape index (κ2) is 8.45. The van der Waals surface area contributed by atoms with Gasteiger partial charge in [-0.2, -0.15) is 0 Å². The van der Waals surface area contributed by atoms with Crippen LogP contribution in [0.2, 0.25) is 0 Å². The molecule has 0 radical (unpaired) electrons. The van der Waals surface area contributed by atoms with E-state index in [4.69, 9.17) is 16.6 Å². The van der Waals surface area contributed by atoms with Crippen molar-refractivity contribution in [3.05, 3.63) is 84.1 Å². The summed E-state index contributed by atoms with van der Waals surface area (Å²) in [5.41, 5.74) is 2.74. The zero-order valence-corrected chi connectivity index (χ0v) is 16.9. The lowest BCUT2D eigenvalue weighted by Crippen LogP contribution is -2.32. The number of carbonyl (C=O) groups excluding carboxylic acids is 1. The SMILES string of the molecule is Cc1ccccc1NC(=O)CCN1C(=S)N[C@@H](c2ccccn2)[C@H]1c1ccco1. The molecule has 1 saturated heterocycles. The molecular weight excluding hydrogens is 384 g/mol. The van der Waals surface area contributed by atoms with Crippen LogP contribution in [0.1, 0.15) is 35.5 Å². The summed E-state index contributed by atoms with van der Waals surface area (Å²) in [6.45, 7) is 2.44. The normalized spacial score (nSPS) is 18.5.